The molecule has 0 fully saturated rings. The summed E-state index contributed by atoms with van der Waals surface area (Å²) in [4.78, 5) is 2.22. The topological polar surface area (TPSA) is 69.0 Å². The Hall–Kier alpha value is -2.87. The number of nitrogens with zero attached hydrogens (tertiary/aromatic N) is 3. The molecule has 0 aliphatic heterocycles. The number of methoxy groups -OCH3 is 1. The highest BCUT2D eigenvalue weighted by molar-refractivity contribution is 5.44. The molecule has 0 aliphatic rings. The third-order valence-electron chi connectivity index (χ3n) is 5.30. The van der Waals surface area contributed by atoms with E-state index in [1.807, 2.05) is 73.1 Å². The molecule has 1 unspecified atom stereocenters. The molecular weight excluding hydrogens is 418 g/mol. The first-order chi connectivity index (χ1) is 16.0. The van der Waals surface area contributed by atoms with Gasteiger partial charge in [0.2, 0.25) is 5.88 Å². The van der Waals surface area contributed by atoms with Crippen LogP contribution in [0.3, 0.4) is 0 Å². The van der Waals surface area contributed by atoms with Gasteiger partial charge in [0, 0.05) is 25.8 Å². The summed E-state index contributed by atoms with van der Waals surface area (Å²) in [6, 6.07) is 17.5. The zero-order chi connectivity index (χ0) is 23.6. The van der Waals surface area contributed by atoms with Crippen LogP contribution in [0.25, 0.3) is 5.69 Å². The predicted molar refractivity (Wildman–Crippen MR) is 129 cm³/mol. The zero-order valence-corrected chi connectivity index (χ0v) is 20.0. The number of aliphatic hydroxyl groups excluding tert-OH is 1. The largest absolute Gasteiger partial charge is 0.497 e. The van der Waals surface area contributed by atoms with Crippen LogP contribution < -0.4 is 9.47 Å². The van der Waals surface area contributed by atoms with Crippen LogP contribution >= 0.6 is 0 Å². The van der Waals surface area contributed by atoms with Gasteiger partial charge >= 0.3 is 0 Å². The van der Waals surface area contributed by atoms with E-state index in [9.17, 15) is 5.11 Å². The number of para-hydroxylation sites is 1. The zero-order valence-electron chi connectivity index (χ0n) is 20.0. The maximum Gasteiger partial charge on any atom is 0.227 e. The molecule has 0 bridgehead atoms. The second-order valence-corrected chi connectivity index (χ2v) is 7.95. The van der Waals surface area contributed by atoms with Gasteiger partial charge in [-0.25, -0.2) is 4.68 Å². The van der Waals surface area contributed by atoms with Crippen molar-refractivity contribution in [3.8, 4) is 23.1 Å². The van der Waals surface area contributed by atoms with Crippen molar-refractivity contribution in [2.24, 2.45) is 0 Å². The molecule has 0 aliphatic carbocycles. The van der Waals surface area contributed by atoms with Gasteiger partial charge in [-0.15, -0.1) is 0 Å². The maximum absolute atomic E-state index is 10.4. The number of ether oxygens (including phenoxy) is 3. The monoisotopic (exact) mass is 453 g/mol. The van der Waals surface area contributed by atoms with Crippen LogP contribution in [-0.4, -0.2) is 59.3 Å². The molecule has 2 aromatic carbocycles. The minimum atomic E-state index is -0.552. The average Bonchev–Trinajstić information content (AvgIpc) is 3.13. The van der Waals surface area contributed by atoms with Gasteiger partial charge in [-0.2, -0.15) is 5.10 Å². The molecule has 1 N–H and O–H groups in total. The molecule has 7 nitrogen and oxygen atoms in total. The van der Waals surface area contributed by atoms with Crippen molar-refractivity contribution in [3.63, 3.8) is 0 Å². The maximum atomic E-state index is 10.4. The summed E-state index contributed by atoms with van der Waals surface area (Å²) in [7, 11) is 1.64. The van der Waals surface area contributed by atoms with Crippen LogP contribution in [-0.2, 0) is 11.3 Å². The fourth-order valence-corrected chi connectivity index (χ4v) is 3.73. The first kappa shape index (κ1) is 24.8. The van der Waals surface area contributed by atoms with Crippen molar-refractivity contribution in [2.75, 3.05) is 33.4 Å². The molecule has 1 aromatic heterocycles. The van der Waals surface area contributed by atoms with E-state index in [4.69, 9.17) is 19.3 Å². The molecule has 1 atom stereocenters. The minimum absolute atomic E-state index is 0.326. The fourth-order valence-electron chi connectivity index (χ4n) is 3.73. The summed E-state index contributed by atoms with van der Waals surface area (Å²) in [5.74, 6) is 2.06. The van der Waals surface area contributed by atoms with Gasteiger partial charge in [-0.05, 0) is 51.1 Å². The molecule has 3 aromatic rings. The fraction of sp³-hybridized carbons (Fsp3) is 0.423. The standard InChI is InChI=1S/C26H35N3O4/c1-5-15-28(17-22(30)19-32-6-2)18-25-20(3)27-29(21-11-8-7-9-12-21)26(25)33-24-14-10-13-23(16-24)31-4/h7-14,16,22,30H,5-6,15,17-19H2,1-4H3. The van der Waals surface area contributed by atoms with Crippen molar-refractivity contribution < 1.29 is 19.3 Å². The number of aliphatic hydroxyl groups is 1. The van der Waals surface area contributed by atoms with Crippen molar-refractivity contribution in [2.45, 2.75) is 39.8 Å². The third-order valence-corrected chi connectivity index (χ3v) is 5.30. The van der Waals surface area contributed by atoms with Crippen LogP contribution in [0.1, 0.15) is 31.5 Å². The quantitative estimate of drug-likeness (QED) is 0.408. The first-order valence-corrected chi connectivity index (χ1v) is 11.5. The SMILES string of the molecule is CCCN(Cc1c(C)nn(-c2ccccc2)c1Oc1cccc(OC)c1)CC(O)COCC. The smallest absolute Gasteiger partial charge is 0.227 e. The van der Waals surface area contributed by atoms with Gasteiger partial charge < -0.3 is 19.3 Å². The lowest BCUT2D eigenvalue weighted by atomic mass is 10.2. The van der Waals surface area contributed by atoms with E-state index in [1.165, 1.54) is 0 Å². The van der Waals surface area contributed by atoms with Gasteiger partial charge in [-0.3, -0.25) is 4.90 Å². The van der Waals surface area contributed by atoms with Crippen LogP contribution in [0, 0.1) is 6.92 Å². The van der Waals surface area contributed by atoms with Crippen molar-refractivity contribution >= 4 is 0 Å². The number of hydrogen-bond donors (Lipinski definition) is 1. The predicted octanol–water partition coefficient (Wildman–Crippen LogP) is 4.59. The molecule has 7 heteroatoms. The van der Waals surface area contributed by atoms with Crippen molar-refractivity contribution in [1.29, 1.82) is 0 Å². The Morgan fingerprint density at radius 2 is 1.82 bits per heavy atom. The number of rotatable bonds is 13. The molecule has 1 heterocycles. The summed E-state index contributed by atoms with van der Waals surface area (Å²) < 4.78 is 19.0. The molecule has 0 spiro atoms. The highest BCUT2D eigenvalue weighted by Crippen LogP contribution is 2.33. The molecule has 0 saturated heterocycles. The molecule has 0 saturated carbocycles. The molecular formula is C26H35N3O4. The van der Waals surface area contributed by atoms with Crippen LogP contribution in [0.15, 0.2) is 54.6 Å². The Labute approximate surface area is 196 Å². The van der Waals surface area contributed by atoms with Crippen LogP contribution in [0.4, 0.5) is 0 Å². The second kappa shape index (κ2) is 12.4. The normalized spacial score (nSPS) is 12.2. The lowest BCUT2D eigenvalue weighted by molar-refractivity contribution is 0.0195. The Morgan fingerprint density at radius 1 is 1.06 bits per heavy atom. The lowest BCUT2D eigenvalue weighted by Gasteiger charge is -2.25. The van der Waals surface area contributed by atoms with E-state index in [1.54, 1.807) is 7.11 Å². The molecule has 0 amide bonds. The highest BCUT2D eigenvalue weighted by Gasteiger charge is 2.22. The van der Waals surface area contributed by atoms with Gasteiger partial charge in [-0.1, -0.05) is 31.2 Å². The second-order valence-electron chi connectivity index (χ2n) is 7.95. The Kier molecular flexibility index (Phi) is 9.30. The minimum Gasteiger partial charge on any atom is -0.497 e. The molecule has 0 radical (unpaired) electrons. The number of aromatic nitrogens is 2. The third kappa shape index (κ3) is 6.81. The van der Waals surface area contributed by atoms with Crippen molar-refractivity contribution in [1.82, 2.24) is 14.7 Å². The van der Waals surface area contributed by atoms with Gasteiger partial charge in [0.05, 0.1) is 36.8 Å². The van der Waals surface area contributed by atoms with Gasteiger partial charge in [0.15, 0.2) is 0 Å². The number of aryl methyl sites for hydroxylation is 1. The first-order valence-electron chi connectivity index (χ1n) is 11.5. The summed E-state index contributed by atoms with van der Waals surface area (Å²) in [6.45, 7) is 8.94. The van der Waals surface area contributed by atoms with E-state index in [-0.39, 0.29) is 0 Å². The summed E-state index contributed by atoms with van der Waals surface area (Å²) in [6.07, 6.45) is 0.419. The summed E-state index contributed by atoms with van der Waals surface area (Å²) in [5.41, 5.74) is 2.79. The summed E-state index contributed by atoms with van der Waals surface area (Å²) in [5, 5.41) is 15.2. The van der Waals surface area contributed by atoms with E-state index >= 15 is 0 Å². The Bertz CT molecular complexity index is 990. The Morgan fingerprint density at radius 3 is 2.52 bits per heavy atom. The molecule has 3 rings (SSSR count). The number of benzene rings is 2. The average molecular weight is 454 g/mol. The van der Waals surface area contributed by atoms with E-state index < -0.39 is 6.10 Å². The van der Waals surface area contributed by atoms with Crippen LogP contribution in [0.2, 0.25) is 0 Å². The molecule has 33 heavy (non-hydrogen) atoms. The Balaban J connectivity index is 1.96. The van der Waals surface area contributed by atoms with Crippen LogP contribution in [0.5, 0.6) is 17.4 Å². The summed E-state index contributed by atoms with van der Waals surface area (Å²) >= 11 is 0. The molecule has 178 valence electrons. The van der Waals surface area contributed by atoms with E-state index in [0.29, 0.717) is 37.9 Å². The number of hydrogen-bond acceptors (Lipinski definition) is 6. The van der Waals surface area contributed by atoms with Crippen molar-refractivity contribution in [3.05, 3.63) is 65.9 Å². The van der Waals surface area contributed by atoms with Gasteiger partial charge in [0.25, 0.3) is 0 Å². The highest BCUT2D eigenvalue weighted by atomic mass is 16.5. The van der Waals surface area contributed by atoms with Gasteiger partial charge in [0.1, 0.15) is 11.5 Å². The van der Waals surface area contributed by atoms with E-state index in [0.717, 1.165) is 35.7 Å². The van der Waals surface area contributed by atoms with E-state index in [2.05, 4.69) is 11.8 Å². The lowest BCUT2D eigenvalue weighted by Crippen LogP contribution is -2.35.